The van der Waals surface area contributed by atoms with E-state index < -0.39 is 0 Å². The van der Waals surface area contributed by atoms with Gasteiger partial charge in [0.1, 0.15) is 17.1 Å². The van der Waals surface area contributed by atoms with Crippen LogP contribution in [0.15, 0.2) is 12.1 Å². The summed E-state index contributed by atoms with van der Waals surface area (Å²) in [6.07, 6.45) is 2.40. The zero-order valence-corrected chi connectivity index (χ0v) is 11.9. The molecule has 102 valence electrons. The van der Waals surface area contributed by atoms with E-state index in [9.17, 15) is 0 Å². The first-order valence-electron chi connectivity index (χ1n) is 7.01. The van der Waals surface area contributed by atoms with E-state index in [0.717, 1.165) is 11.5 Å². The minimum atomic E-state index is -0.0200. The maximum atomic E-state index is 6.21. The molecule has 1 aromatic carbocycles. The molecule has 3 heteroatoms. The largest absolute Gasteiger partial charge is 0.496 e. The van der Waals surface area contributed by atoms with Gasteiger partial charge in [-0.2, -0.15) is 0 Å². The van der Waals surface area contributed by atoms with Crippen molar-refractivity contribution >= 4 is 0 Å². The van der Waals surface area contributed by atoms with E-state index in [1.807, 2.05) is 12.1 Å². The Kier molecular flexibility index (Phi) is 1.99. The van der Waals surface area contributed by atoms with E-state index in [0.29, 0.717) is 11.8 Å². The summed E-state index contributed by atoms with van der Waals surface area (Å²) >= 11 is 0. The van der Waals surface area contributed by atoms with E-state index in [4.69, 9.17) is 14.2 Å². The number of hydrogen-bond donors (Lipinski definition) is 0. The first kappa shape index (κ1) is 11.6. The second-order valence-corrected chi connectivity index (χ2v) is 6.39. The lowest BCUT2D eigenvalue weighted by Gasteiger charge is -2.19. The molecule has 1 heterocycles. The summed E-state index contributed by atoms with van der Waals surface area (Å²) in [5.74, 6) is 2.92. The van der Waals surface area contributed by atoms with Gasteiger partial charge in [-0.25, -0.2) is 0 Å². The molecule has 3 aliphatic rings. The minimum absolute atomic E-state index is 0.00273. The quantitative estimate of drug-likeness (QED) is 0.765. The molecule has 2 aliphatic carbocycles. The number of ether oxygens (including phenoxy) is 3. The Morgan fingerprint density at radius 1 is 1.00 bits per heavy atom. The van der Waals surface area contributed by atoms with Gasteiger partial charge in [-0.1, -0.05) is 0 Å². The normalized spacial score (nSPS) is 36.4. The number of hydrogen-bond acceptors (Lipinski definition) is 3. The average Bonchev–Trinajstić information content (AvgIpc) is 2.70. The molecule has 1 saturated heterocycles. The van der Waals surface area contributed by atoms with Crippen molar-refractivity contribution in [2.24, 2.45) is 0 Å². The van der Waals surface area contributed by atoms with Gasteiger partial charge in [-0.15, -0.1) is 0 Å². The highest BCUT2D eigenvalue weighted by Crippen LogP contribution is 2.76. The third-order valence-corrected chi connectivity index (χ3v) is 5.45. The number of benzene rings is 1. The van der Waals surface area contributed by atoms with Gasteiger partial charge in [0.25, 0.3) is 0 Å². The topological polar surface area (TPSA) is 31.0 Å². The molecule has 1 aliphatic heterocycles. The predicted octanol–water partition coefficient (Wildman–Crippen LogP) is 3.23. The summed E-state index contributed by atoms with van der Waals surface area (Å²) in [6.45, 7) is 4.42. The molecule has 2 bridgehead atoms. The molecule has 1 saturated carbocycles. The molecular formula is C16H20O3. The summed E-state index contributed by atoms with van der Waals surface area (Å²) < 4.78 is 17.4. The Morgan fingerprint density at radius 3 is 1.74 bits per heavy atom. The first-order chi connectivity index (χ1) is 9.06. The summed E-state index contributed by atoms with van der Waals surface area (Å²) in [7, 11) is 3.50. The fourth-order valence-corrected chi connectivity index (χ4v) is 4.77. The molecule has 0 N–H and O–H groups in total. The fraction of sp³-hybridized carbons (Fsp3) is 0.625. The smallest absolute Gasteiger partial charge is 0.123 e. The van der Waals surface area contributed by atoms with Crippen LogP contribution >= 0.6 is 0 Å². The van der Waals surface area contributed by atoms with Gasteiger partial charge in [0, 0.05) is 23.0 Å². The van der Waals surface area contributed by atoms with E-state index in [1.165, 1.54) is 24.0 Å². The van der Waals surface area contributed by atoms with Crippen LogP contribution in [-0.2, 0) is 4.74 Å². The SMILES string of the molecule is COc1ccc(OC)c2c1[C@@H]1CC[C@@H]2C12OC2(C)C. The number of methoxy groups -OCH3 is 2. The maximum Gasteiger partial charge on any atom is 0.123 e. The van der Waals surface area contributed by atoms with Crippen LogP contribution in [0.1, 0.15) is 49.7 Å². The lowest BCUT2D eigenvalue weighted by Crippen LogP contribution is -2.24. The Labute approximate surface area is 113 Å². The molecular weight excluding hydrogens is 240 g/mol. The van der Waals surface area contributed by atoms with Crippen LogP contribution in [0, 0.1) is 0 Å². The first-order valence-corrected chi connectivity index (χ1v) is 7.01. The predicted molar refractivity (Wildman–Crippen MR) is 72.2 cm³/mol. The lowest BCUT2D eigenvalue weighted by molar-refractivity contribution is 0.258. The molecule has 1 spiro atoms. The second-order valence-electron chi connectivity index (χ2n) is 6.39. The Balaban J connectivity index is 1.95. The van der Waals surface area contributed by atoms with Crippen LogP contribution in [-0.4, -0.2) is 25.4 Å². The molecule has 2 fully saturated rings. The van der Waals surface area contributed by atoms with Crippen molar-refractivity contribution in [3.63, 3.8) is 0 Å². The number of fused-ring (bicyclic) bond motifs is 3. The van der Waals surface area contributed by atoms with Gasteiger partial charge in [-0.05, 0) is 38.8 Å². The standard InChI is InChI=1S/C16H20O3/c1-15(2)16(19-15)9-5-6-10(16)14-12(18-4)8-7-11(17-3)13(9)14/h7-10H,5-6H2,1-4H3/t9-,10-/m0/s1. The Hall–Kier alpha value is -1.22. The minimum Gasteiger partial charge on any atom is -0.496 e. The molecule has 3 nitrogen and oxygen atoms in total. The summed E-state index contributed by atoms with van der Waals surface area (Å²) in [4.78, 5) is 0. The van der Waals surface area contributed by atoms with E-state index in [-0.39, 0.29) is 11.2 Å². The zero-order chi connectivity index (χ0) is 13.4. The molecule has 0 amide bonds. The van der Waals surface area contributed by atoms with Crippen LogP contribution in [0.4, 0.5) is 0 Å². The van der Waals surface area contributed by atoms with Gasteiger partial charge in [0.2, 0.25) is 0 Å². The lowest BCUT2D eigenvalue weighted by atomic mass is 9.84. The van der Waals surface area contributed by atoms with Crippen molar-refractivity contribution in [3.05, 3.63) is 23.3 Å². The van der Waals surface area contributed by atoms with Crippen molar-refractivity contribution in [2.75, 3.05) is 14.2 Å². The number of epoxide rings is 1. The molecule has 19 heavy (non-hydrogen) atoms. The Morgan fingerprint density at radius 2 is 1.42 bits per heavy atom. The third-order valence-electron chi connectivity index (χ3n) is 5.45. The summed E-state index contributed by atoms with van der Waals surface area (Å²) in [5.41, 5.74) is 2.65. The van der Waals surface area contributed by atoms with Crippen molar-refractivity contribution < 1.29 is 14.2 Å². The van der Waals surface area contributed by atoms with Crippen LogP contribution in [0.2, 0.25) is 0 Å². The zero-order valence-electron chi connectivity index (χ0n) is 11.9. The Bertz CT molecular complexity index is 522. The molecule has 0 aromatic heterocycles. The van der Waals surface area contributed by atoms with E-state index in [2.05, 4.69) is 13.8 Å². The van der Waals surface area contributed by atoms with Crippen molar-refractivity contribution in [2.45, 2.75) is 49.7 Å². The molecule has 0 unspecified atom stereocenters. The average molecular weight is 260 g/mol. The highest BCUT2D eigenvalue weighted by atomic mass is 16.6. The van der Waals surface area contributed by atoms with Gasteiger partial charge < -0.3 is 14.2 Å². The van der Waals surface area contributed by atoms with Crippen LogP contribution in [0.25, 0.3) is 0 Å². The highest BCUT2D eigenvalue weighted by molar-refractivity contribution is 5.62. The summed E-state index contributed by atoms with van der Waals surface area (Å²) in [6, 6.07) is 4.06. The van der Waals surface area contributed by atoms with E-state index >= 15 is 0 Å². The molecule has 4 rings (SSSR count). The van der Waals surface area contributed by atoms with Gasteiger partial charge in [-0.3, -0.25) is 0 Å². The molecule has 2 atom stereocenters. The monoisotopic (exact) mass is 260 g/mol. The fourth-order valence-electron chi connectivity index (χ4n) is 4.77. The van der Waals surface area contributed by atoms with Crippen molar-refractivity contribution in [1.82, 2.24) is 0 Å². The van der Waals surface area contributed by atoms with Crippen molar-refractivity contribution in [3.8, 4) is 11.5 Å². The van der Waals surface area contributed by atoms with Crippen molar-refractivity contribution in [1.29, 1.82) is 0 Å². The highest BCUT2D eigenvalue weighted by Gasteiger charge is 2.77. The van der Waals surface area contributed by atoms with Crippen LogP contribution in [0.5, 0.6) is 11.5 Å². The van der Waals surface area contributed by atoms with Crippen LogP contribution in [0.3, 0.4) is 0 Å². The molecule has 0 radical (unpaired) electrons. The molecule has 1 aromatic rings. The van der Waals surface area contributed by atoms with Gasteiger partial charge >= 0.3 is 0 Å². The van der Waals surface area contributed by atoms with Gasteiger partial charge in [0.15, 0.2) is 0 Å². The number of rotatable bonds is 2. The van der Waals surface area contributed by atoms with Gasteiger partial charge in [0.05, 0.1) is 19.8 Å². The van der Waals surface area contributed by atoms with E-state index in [1.54, 1.807) is 14.2 Å². The van der Waals surface area contributed by atoms with Crippen LogP contribution < -0.4 is 9.47 Å². The second kappa shape index (κ2) is 3.26. The third kappa shape index (κ3) is 1.10. The maximum absolute atomic E-state index is 6.21. The summed E-state index contributed by atoms with van der Waals surface area (Å²) in [5, 5.41) is 0.